The highest BCUT2D eigenvalue weighted by Crippen LogP contribution is 2.07. The predicted molar refractivity (Wildman–Crippen MR) is 50.8 cm³/mol. The summed E-state index contributed by atoms with van der Waals surface area (Å²) < 4.78 is 0. The standard InChI is InChI=1S/C11H12O/c1-10(7-8-12)9-11-5-3-2-4-6-11/h2-6,8-9H,7H2,1H3/b10-9+. The van der Waals surface area contributed by atoms with E-state index in [1.807, 2.05) is 43.3 Å². The van der Waals surface area contributed by atoms with Crippen molar-refractivity contribution in [1.29, 1.82) is 0 Å². The van der Waals surface area contributed by atoms with Gasteiger partial charge in [-0.3, -0.25) is 0 Å². The van der Waals surface area contributed by atoms with Crippen molar-refractivity contribution in [3.8, 4) is 0 Å². The molecule has 1 nitrogen and oxygen atoms in total. The summed E-state index contributed by atoms with van der Waals surface area (Å²) in [5.74, 6) is 0. The molecule has 0 amide bonds. The van der Waals surface area contributed by atoms with Crippen molar-refractivity contribution in [2.24, 2.45) is 0 Å². The van der Waals surface area contributed by atoms with Gasteiger partial charge in [0, 0.05) is 6.42 Å². The fourth-order valence-corrected chi connectivity index (χ4v) is 1.02. The zero-order chi connectivity index (χ0) is 8.81. The highest BCUT2D eigenvalue weighted by atomic mass is 16.1. The highest BCUT2D eigenvalue weighted by molar-refractivity contribution is 5.61. The second-order valence-electron chi connectivity index (χ2n) is 2.77. The average Bonchev–Trinajstić information content (AvgIpc) is 2.06. The summed E-state index contributed by atoms with van der Waals surface area (Å²) in [4.78, 5) is 10.2. The molecule has 62 valence electrons. The molecule has 1 aromatic rings. The van der Waals surface area contributed by atoms with E-state index in [0.717, 1.165) is 17.4 Å². The van der Waals surface area contributed by atoms with Crippen molar-refractivity contribution in [2.45, 2.75) is 13.3 Å². The Hall–Kier alpha value is -1.37. The molecule has 0 bridgehead atoms. The minimum absolute atomic E-state index is 0.523. The number of allylic oxidation sites excluding steroid dienone is 1. The molecule has 1 aromatic carbocycles. The molecule has 1 rings (SSSR count). The quantitative estimate of drug-likeness (QED) is 0.621. The number of hydrogen-bond acceptors (Lipinski definition) is 1. The lowest BCUT2D eigenvalue weighted by Crippen LogP contribution is -1.78. The van der Waals surface area contributed by atoms with Gasteiger partial charge >= 0.3 is 0 Å². The average molecular weight is 160 g/mol. The van der Waals surface area contributed by atoms with Crippen molar-refractivity contribution < 1.29 is 4.79 Å². The smallest absolute Gasteiger partial charge is 0.124 e. The van der Waals surface area contributed by atoms with E-state index in [9.17, 15) is 4.79 Å². The molecule has 0 aliphatic carbocycles. The first-order valence-electron chi connectivity index (χ1n) is 3.99. The summed E-state index contributed by atoms with van der Waals surface area (Å²) in [6, 6.07) is 10.00. The van der Waals surface area contributed by atoms with Crippen molar-refractivity contribution in [2.75, 3.05) is 0 Å². The molecule has 0 unspecified atom stereocenters. The molecule has 1 heteroatoms. The Morgan fingerprint density at radius 2 is 2.00 bits per heavy atom. The van der Waals surface area contributed by atoms with E-state index in [0.29, 0.717) is 6.42 Å². The third kappa shape index (κ3) is 2.70. The number of carbonyl (C=O) groups is 1. The Morgan fingerprint density at radius 1 is 1.33 bits per heavy atom. The Kier molecular flexibility index (Phi) is 3.27. The van der Waals surface area contributed by atoms with Gasteiger partial charge in [0.2, 0.25) is 0 Å². The van der Waals surface area contributed by atoms with E-state index in [4.69, 9.17) is 0 Å². The van der Waals surface area contributed by atoms with Crippen LogP contribution >= 0.6 is 0 Å². The molecule has 0 aliphatic rings. The van der Waals surface area contributed by atoms with Crippen LogP contribution in [-0.2, 0) is 4.79 Å². The zero-order valence-corrected chi connectivity index (χ0v) is 7.16. The van der Waals surface area contributed by atoms with Gasteiger partial charge in [0.25, 0.3) is 0 Å². The Labute approximate surface area is 72.7 Å². The van der Waals surface area contributed by atoms with Crippen LogP contribution < -0.4 is 0 Å². The summed E-state index contributed by atoms with van der Waals surface area (Å²) in [7, 11) is 0. The number of carbonyl (C=O) groups excluding carboxylic acids is 1. The Morgan fingerprint density at radius 3 is 2.58 bits per heavy atom. The molecule has 0 saturated heterocycles. The van der Waals surface area contributed by atoms with Crippen LogP contribution in [0.2, 0.25) is 0 Å². The molecular formula is C11H12O. The van der Waals surface area contributed by atoms with E-state index in [1.54, 1.807) is 0 Å². The Bertz CT molecular complexity index is 272. The number of aldehydes is 1. The molecule has 0 saturated carbocycles. The minimum Gasteiger partial charge on any atom is -0.303 e. The molecule has 0 N–H and O–H groups in total. The third-order valence-electron chi connectivity index (χ3n) is 1.62. The fourth-order valence-electron chi connectivity index (χ4n) is 1.02. The van der Waals surface area contributed by atoms with E-state index in [2.05, 4.69) is 0 Å². The summed E-state index contributed by atoms with van der Waals surface area (Å²) in [5, 5.41) is 0. The lowest BCUT2D eigenvalue weighted by molar-refractivity contribution is -0.107. The van der Waals surface area contributed by atoms with Gasteiger partial charge in [-0.05, 0) is 12.5 Å². The third-order valence-corrected chi connectivity index (χ3v) is 1.62. The first-order chi connectivity index (χ1) is 5.83. The van der Waals surface area contributed by atoms with Crippen LogP contribution in [0.3, 0.4) is 0 Å². The molecule has 0 fully saturated rings. The molecule has 0 heterocycles. The highest BCUT2D eigenvalue weighted by Gasteiger charge is 1.88. The summed E-state index contributed by atoms with van der Waals surface area (Å²) in [6.07, 6.45) is 3.47. The van der Waals surface area contributed by atoms with Gasteiger partial charge in [-0.25, -0.2) is 0 Å². The first-order valence-corrected chi connectivity index (χ1v) is 3.99. The second kappa shape index (κ2) is 4.50. The van der Waals surface area contributed by atoms with Crippen molar-refractivity contribution in [3.05, 3.63) is 41.5 Å². The maximum absolute atomic E-state index is 10.2. The van der Waals surface area contributed by atoms with Gasteiger partial charge in [0.15, 0.2) is 0 Å². The van der Waals surface area contributed by atoms with Crippen molar-refractivity contribution >= 4 is 12.4 Å². The summed E-state index contributed by atoms with van der Waals surface area (Å²) in [5.41, 5.74) is 2.24. The number of benzene rings is 1. The van der Waals surface area contributed by atoms with Gasteiger partial charge in [-0.1, -0.05) is 42.0 Å². The van der Waals surface area contributed by atoms with Crippen LogP contribution in [0.15, 0.2) is 35.9 Å². The van der Waals surface area contributed by atoms with Gasteiger partial charge < -0.3 is 4.79 Å². The van der Waals surface area contributed by atoms with E-state index < -0.39 is 0 Å². The summed E-state index contributed by atoms with van der Waals surface area (Å²) in [6.45, 7) is 1.96. The maximum atomic E-state index is 10.2. The fraction of sp³-hybridized carbons (Fsp3) is 0.182. The van der Waals surface area contributed by atoms with Crippen LogP contribution in [0.5, 0.6) is 0 Å². The van der Waals surface area contributed by atoms with Crippen molar-refractivity contribution in [1.82, 2.24) is 0 Å². The lowest BCUT2D eigenvalue weighted by Gasteiger charge is -1.94. The molecule has 0 atom stereocenters. The van der Waals surface area contributed by atoms with Crippen LogP contribution in [-0.4, -0.2) is 6.29 Å². The van der Waals surface area contributed by atoms with Gasteiger partial charge in [0.05, 0.1) is 0 Å². The molecule has 12 heavy (non-hydrogen) atoms. The normalized spacial score (nSPS) is 11.2. The van der Waals surface area contributed by atoms with Crippen LogP contribution in [0.4, 0.5) is 0 Å². The van der Waals surface area contributed by atoms with Crippen LogP contribution in [0, 0.1) is 0 Å². The van der Waals surface area contributed by atoms with Crippen LogP contribution in [0.1, 0.15) is 18.9 Å². The van der Waals surface area contributed by atoms with E-state index in [1.165, 1.54) is 0 Å². The second-order valence-corrected chi connectivity index (χ2v) is 2.77. The number of hydrogen-bond donors (Lipinski definition) is 0. The largest absolute Gasteiger partial charge is 0.303 e. The molecule has 0 radical (unpaired) electrons. The zero-order valence-electron chi connectivity index (χ0n) is 7.16. The van der Waals surface area contributed by atoms with Gasteiger partial charge in [-0.15, -0.1) is 0 Å². The Balaban J connectivity index is 2.74. The minimum atomic E-state index is 0.523. The molecule has 0 aromatic heterocycles. The van der Waals surface area contributed by atoms with Crippen molar-refractivity contribution in [3.63, 3.8) is 0 Å². The lowest BCUT2D eigenvalue weighted by atomic mass is 10.1. The van der Waals surface area contributed by atoms with E-state index >= 15 is 0 Å². The molecular weight excluding hydrogens is 148 g/mol. The number of rotatable bonds is 3. The molecule has 0 spiro atoms. The predicted octanol–water partition coefficient (Wildman–Crippen LogP) is 2.68. The monoisotopic (exact) mass is 160 g/mol. The first kappa shape index (κ1) is 8.72. The summed E-state index contributed by atoms with van der Waals surface area (Å²) >= 11 is 0. The van der Waals surface area contributed by atoms with Crippen LogP contribution in [0.25, 0.3) is 6.08 Å². The topological polar surface area (TPSA) is 17.1 Å². The van der Waals surface area contributed by atoms with Gasteiger partial charge in [-0.2, -0.15) is 0 Å². The van der Waals surface area contributed by atoms with Gasteiger partial charge in [0.1, 0.15) is 6.29 Å². The maximum Gasteiger partial charge on any atom is 0.124 e. The molecule has 0 aliphatic heterocycles. The van der Waals surface area contributed by atoms with E-state index in [-0.39, 0.29) is 0 Å². The SMILES string of the molecule is C/C(=C\c1ccccc1)CC=O.